The van der Waals surface area contributed by atoms with Crippen molar-refractivity contribution in [3.05, 3.63) is 24.3 Å². The van der Waals surface area contributed by atoms with E-state index in [1.807, 2.05) is 12.1 Å². The number of hydrogen-bond acceptors (Lipinski definition) is 3. The van der Waals surface area contributed by atoms with E-state index in [2.05, 4.69) is 12.2 Å². The molecule has 4 atom stereocenters. The van der Waals surface area contributed by atoms with E-state index < -0.39 is 0 Å². The van der Waals surface area contributed by atoms with E-state index in [-0.39, 0.29) is 29.6 Å². The number of carbonyl (C=O) groups excluding carboxylic acids is 3. The van der Waals surface area contributed by atoms with Crippen LogP contribution in [0.25, 0.3) is 0 Å². The topological polar surface area (TPSA) is 66.5 Å². The molecule has 4 rings (SSSR count). The third-order valence-electron chi connectivity index (χ3n) is 7.82. The standard InChI is InChI=1S/C27H38N2O3/c1-2-3-4-5-6-7-8-9-10-14-23(30)28-21-12-11-13-22(18-21)29-26(31)24-19-15-16-20(17-19)25(24)27(29)32/h11-13,18-20,24-25H,2-10,14-17H2,1H3,(H,28,30)/t19-,20-,24-,25-/m0/s1. The monoisotopic (exact) mass is 438 g/mol. The predicted molar refractivity (Wildman–Crippen MR) is 127 cm³/mol. The highest BCUT2D eigenvalue weighted by atomic mass is 16.2. The molecule has 0 spiro atoms. The summed E-state index contributed by atoms with van der Waals surface area (Å²) in [4.78, 5) is 39.8. The highest BCUT2D eigenvalue weighted by Gasteiger charge is 2.61. The molecule has 0 unspecified atom stereocenters. The molecule has 1 aromatic carbocycles. The van der Waals surface area contributed by atoms with E-state index in [1.165, 1.54) is 49.8 Å². The molecule has 1 N–H and O–H groups in total. The zero-order valence-electron chi connectivity index (χ0n) is 19.5. The summed E-state index contributed by atoms with van der Waals surface area (Å²) in [5.74, 6) is 0.448. The van der Waals surface area contributed by atoms with Crippen LogP contribution < -0.4 is 10.2 Å². The predicted octanol–water partition coefficient (Wildman–Crippen LogP) is 6.08. The van der Waals surface area contributed by atoms with E-state index in [9.17, 15) is 14.4 Å². The van der Waals surface area contributed by atoms with Gasteiger partial charge in [0, 0.05) is 12.1 Å². The van der Waals surface area contributed by atoms with Gasteiger partial charge in [0.05, 0.1) is 17.5 Å². The zero-order chi connectivity index (χ0) is 22.5. The number of nitrogens with one attached hydrogen (secondary N) is 1. The van der Waals surface area contributed by atoms with Crippen molar-refractivity contribution >= 4 is 29.1 Å². The van der Waals surface area contributed by atoms with Crippen molar-refractivity contribution in [1.29, 1.82) is 0 Å². The van der Waals surface area contributed by atoms with Crippen LogP contribution in [0.4, 0.5) is 11.4 Å². The lowest BCUT2D eigenvalue weighted by Crippen LogP contribution is -2.32. The van der Waals surface area contributed by atoms with Gasteiger partial charge in [-0.2, -0.15) is 0 Å². The number of amides is 3. The van der Waals surface area contributed by atoms with Gasteiger partial charge >= 0.3 is 0 Å². The van der Waals surface area contributed by atoms with Gasteiger partial charge in [-0.05, 0) is 55.7 Å². The number of carbonyl (C=O) groups is 3. The van der Waals surface area contributed by atoms with Crippen LogP contribution in [0.1, 0.15) is 90.4 Å². The van der Waals surface area contributed by atoms with Gasteiger partial charge in [0.1, 0.15) is 0 Å². The number of nitrogens with zero attached hydrogens (tertiary/aromatic N) is 1. The first-order valence-electron chi connectivity index (χ1n) is 12.9. The Morgan fingerprint density at radius 1 is 0.906 bits per heavy atom. The smallest absolute Gasteiger partial charge is 0.237 e. The minimum absolute atomic E-state index is 0.000848. The summed E-state index contributed by atoms with van der Waals surface area (Å²) in [5, 5.41) is 2.95. The summed E-state index contributed by atoms with van der Waals surface area (Å²) in [5.41, 5.74) is 1.25. The van der Waals surface area contributed by atoms with Gasteiger partial charge in [-0.25, -0.2) is 4.90 Å². The molecule has 1 aromatic rings. The minimum atomic E-state index is -0.119. The summed E-state index contributed by atoms with van der Waals surface area (Å²) in [6, 6.07) is 7.21. The number of benzene rings is 1. The highest BCUT2D eigenvalue weighted by molar-refractivity contribution is 6.22. The Hall–Kier alpha value is -2.17. The maximum atomic E-state index is 13.0. The maximum absolute atomic E-state index is 13.0. The molecule has 2 saturated carbocycles. The Kier molecular flexibility index (Phi) is 7.64. The van der Waals surface area contributed by atoms with Crippen molar-refractivity contribution in [1.82, 2.24) is 0 Å². The van der Waals surface area contributed by atoms with Crippen LogP contribution in [-0.2, 0) is 14.4 Å². The molecule has 3 aliphatic rings. The van der Waals surface area contributed by atoms with Gasteiger partial charge < -0.3 is 5.32 Å². The molecule has 3 amide bonds. The molecule has 1 heterocycles. The molecule has 1 aliphatic heterocycles. The fraction of sp³-hybridized carbons (Fsp3) is 0.667. The third kappa shape index (κ3) is 4.92. The van der Waals surface area contributed by atoms with Crippen LogP contribution in [0.3, 0.4) is 0 Å². The van der Waals surface area contributed by atoms with E-state index in [4.69, 9.17) is 0 Å². The number of hydrogen-bond donors (Lipinski definition) is 1. The Morgan fingerprint density at radius 2 is 1.50 bits per heavy atom. The van der Waals surface area contributed by atoms with Gasteiger partial charge in [0.15, 0.2) is 0 Å². The molecule has 2 aliphatic carbocycles. The van der Waals surface area contributed by atoms with Crippen LogP contribution in [0.15, 0.2) is 24.3 Å². The lowest BCUT2D eigenvalue weighted by Gasteiger charge is -2.19. The van der Waals surface area contributed by atoms with Crippen molar-refractivity contribution in [2.45, 2.75) is 90.4 Å². The van der Waals surface area contributed by atoms with Crippen molar-refractivity contribution in [3.63, 3.8) is 0 Å². The van der Waals surface area contributed by atoms with Crippen LogP contribution in [-0.4, -0.2) is 17.7 Å². The van der Waals surface area contributed by atoms with Crippen LogP contribution in [0.2, 0.25) is 0 Å². The summed E-state index contributed by atoms with van der Waals surface area (Å²) < 4.78 is 0. The van der Waals surface area contributed by atoms with Crippen LogP contribution >= 0.6 is 0 Å². The first kappa shape index (κ1) is 23.0. The molecule has 2 bridgehead atoms. The molecular formula is C27H38N2O3. The van der Waals surface area contributed by atoms with Gasteiger partial charge in [0.2, 0.25) is 17.7 Å². The number of imide groups is 1. The van der Waals surface area contributed by atoms with E-state index >= 15 is 0 Å². The molecule has 5 nitrogen and oxygen atoms in total. The average molecular weight is 439 g/mol. The third-order valence-corrected chi connectivity index (χ3v) is 7.82. The van der Waals surface area contributed by atoms with Crippen molar-refractivity contribution < 1.29 is 14.4 Å². The first-order valence-corrected chi connectivity index (χ1v) is 12.9. The van der Waals surface area contributed by atoms with E-state index in [1.54, 1.807) is 12.1 Å². The summed E-state index contributed by atoms with van der Waals surface area (Å²) >= 11 is 0. The van der Waals surface area contributed by atoms with Crippen molar-refractivity contribution in [2.75, 3.05) is 10.2 Å². The number of unbranched alkanes of at least 4 members (excludes halogenated alkanes) is 8. The van der Waals surface area contributed by atoms with Crippen molar-refractivity contribution in [2.24, 2.45) is 23.7 Å². The zero-order valence-corrected chi connectivity index (χ0v) is 19.5. The van der Waals surface area contributed by atoms with Crippen molar-refractivity contribution in [3.8, 4) is 0 Å². The summed E-state index contributed by atoms with van der Waals surface area (Å²) in [6.45, 7) is 2.24. The SMILES string of the molecule is CCCCCCCCCCCC(=O)Nc1cccc(N2C(=O)[C@H]3[C@H]4CC[C@@H](C4)[C@@H]3C2=O)c1. The molecule has 0 radical (unpaired) electrons. The van der Waals surface area contributed by atoms with Gasteiger partial charge in [-0.3, -0.25) is 14.4 Å². The Balaban J connectivity index is 1.23. The first-order chi connectivity index (χ1) is 15.6. The average Bonchev–Trinajstić information content (AvgIpc) is 3.46. The lowest BCUT2D eigenvalue weighted by atomic mass is 9.81. The normalized spacial score (nSPS) is 26.1. The number of anilines is 2. The number of rotatable bonds is 12. The highest BCUT2D eigenvalue weighted by Crippen LogP contribution is 2.56. The van der Waals surface area contributed by atoms with E-state index in [0.29, 0.717) is 29.6 Å². The van der Waals surface area contributed by atoms with E-state index in [0.717, 1.165) is 32.1 Å². The largest absolute Gasteiger partial charge is 0.326 e. The Bertz CT molecular complexity index is 808. The van der Waals surface area contributed by atoms with Gasteiger partial charge in [-0.1, -0.05) is 64.4 Å². The van der Waals surface area contributed by atoms with Crippen LogP contribution in [0, 0.1) is 23.7 Å². The molecule has 174 valence electrons. The molecule has 1 saturated heterocycles. The molecule has 5 heteroatoms. The second-order valence-electron chi connectivity index (χ2n) is 10.1. The quantitative estimate of drug-likeness (QED) is 0.318. The fourth-order valence-corrected chi connectivity index (χ4v) is 6.21. The van der Waals surface area contributed by atoms with Gasteiger partial charge in [-0.15, -0.1) is 0 Å². The van der Waals surface area contributed by atoms with Gasteiger partial charge in [0.25, 0.3) is 0 Å². The maximum Gasteiger partial charge on any atom is 0.237 e. The van der Waals surface area contributed by atoms with Crippen LogP contribution in [0.5, 0.6) is 0 Å². The second kappa shape index (κ2) is 10.6. The molecular weight excluding hydrogens is 400 g/mol. The summed E-state index contributed by atoms with van der Waals surface area (Å²) in [7, 11) is 0. The Morgan fingerprint density at radius 3 is 2.12 bits per heavy atom. The molecule has 3 fully saturated rings. The molecule has 0 aromatic heterocycles. The summed E-state index contributed by atoms with van der Waals surface area (Å²) in [6.07, 6.45) is 14.7. The number of fused-ring (bicyclic) bond motifs is 5. The Labute approximate surface area is 192 Å². The second-order valence-corrected chi connectivity index (χ2v) is 10.1. The fourth-order valence-electron chi connectivity index (χ4n) is 6.21. The minimum Gasteiger partial charge on any atom is -0.326 e. The lowest BCUT2D eigenvalue weighted by molar-refractivity contribution is -0.123. The molecule has 32 heavy (non-hydrogen) atoms.